The van der Waals surface area contributed by atoms with Gasteiger partial charge in [-0.1, -0.05) is 0 Å². The van der Waals surface area contributed by atoms with Crippen LogP contribution in [0.4, 0.5) is 0 Å². The lowest BCUT2D eigenvalue weighted by molar-refractivity contribution is 0.0725. The molecule has 0 aromatic carbocycles. The first-order chi connectivity index (χ1) is 9.75. The van der Waals surface area contributed by atoms with E-state index in [9.17, 15) is 4.79 Å². The summed E-state index contributed by atoms with van der Waals surface area (Å²) in [6.07, 6.45) is 8.27. The van der Waals surface area contributed by atoms with Gasteiger partial charge in [0.25, 0.3) is 5.91 Å². The largest absolute Gasteiger partial charge is 0.338 e. The van der Waals surface area contributed by atoms with E-state index >= 15 is 0 Å². The zero-order valence-corrected chi connectivity index (χ0v) is 13.1. The minimum atomic E-state index is 0.233. The quantitative estimate of drug-likeness (QED) is 0.909. The molecule has 1 saturated heterocycles. The molecule has 1 atom stereocenters. The van der Waals surface area contributed by atoms with Crippen molar-refractivity contribution in [2.45, 2.75) is 51.0 Å². The second-order valence-electron chi connectivity index (χ2n) is 6.02. The van der Waals surface area contributed by atoms with Crippen LogP contribution in [-0.4, -0.2) is 37.0 Å². The predicted molar refractivity (Wildman–Crippen MR) is 83.6 cm³/mol. The van der Waals surface area contributed by atoms with Gasteiger partial charge < -0.3 is 10.2 Å². The molecule has 4 heteroatoms. The molecule has 2 heterocycles. The predicted octanol–water partition coefficient (Wildman–Crippen LogP) is 2.84. The Morgan fingerprint density at radius 1 is 1.25 bits per heavy atom. The number of nitrogens with one attached hydrogen (secondary N) is 1. The average Bonchev–Trinajstić information content (AvgIpc) is 2.72. The van der Waals surface area contributed by atoms with E-state index in [0.29, 0.717) is 6.04 Å². The van der Waals surface area contributed by atoms with E-state index in [1.807, 2.05) is 11.9 Å². The Kier molecular flexibility index (Phi) is 4.41. The van der Waals surface area contributed by atoms with Crippen molar-refractivity contribution in [3.05, 3.63) is 21.4 Å². The maximum Gasteiger partial charge on any atom is 0.263 e. The first-order valence-corrected chi connectivity index (χ1v) is 8.67. The molecule has 0 saturated carbocycles. The van der Waals surface area contributed by atoms with Crippen LogP contribution in [0.3, 0.4) is 0 Å². The Bertz CT molecular complexity index is 451. The Balaban J connectivity index is 1.72. The summed E-state index contributed by atoms with van der Waals surface area (Å²) in [5.74, 6) is 0.233. The summed E-state index contributed by atoms with van der Waals surface area (Å²) in [6, 6.07) is 2.56. The van der Waals surface area contributed by atoms with Gasteiger partial charge >= 0.3 is 0 Å². The third-order valence-corrected chi connectivity index (χ3v) is 5.85. The lowest BCUT2D eigenvalue weighted by Crippen LogP contribution is -2.37. The van der Waals surface area contributed by atoms with Crippen molar-refractivity contribution in [1.29, 1.82) is 0 Å². The van der Waals surface area contributed by atoms with Crippen molar-refractivity contribution in [1.82, 2.24) is 10.2 Å². The van der Waals surface area contributed by atoms with Gasteiger partial charge in [0.2, 0.25) is 0 Å². The van der Waals surface area contributed by atoms with Crippen LogP contribution in [0.5, 0.6) is 0 Å². The fraction of sp³-hybridized carbons (Fsp3) is 0.688. The van der Waals surface area contributed by atoms with E-state index in [0.717, 1.165) is 37.2 Å². The molecule has 1 aliphatic heterocycles. The van der Waals surface area contributed by atoms with E-state index in [4.69, 9.17) is 0 Å². The smallest absolute Gasteiger partial charge is 0.263 e. The molecule has 110 valence electrons. The summed E-state index contributed by atoms with van der Waals surface area (Å²) in [5.41, 5.74) is 1.43. The summed E-state index contributed by atoms with van der Waals surface area (Å²) in [5, 5.41) is 3.42. The number of rotatable bonds is 2. The lowest BCUT2D eigenvalue weighted by Gasteiger charge is -2.26. The molecule has 1 aliphatic carbocycles. The molecule has 1 amide bonds. The number of carbonyl (C=O) groups is 1. The summed E-state index contributed by atoms with van der Waals surface area (Å²) in [7, 11) is 1.98. The molecule has 0 bridgehead atoms. The highest BCUT2D eigenvalue weighted by Gasteiger charge is 2.24. The van der Waals surface area contributed by atoms with Gasteiger partial charge in [0, 0.05) is 18.0 Å². The number of hydrogen-bond donors (Lipinski definition) is 1. The van der Waals surface area contributed by atoms with Crippen molar-refractivity contribution in [3.8, 4) is 0 Å². The Labute approximate surface area is 125 Å². The third-order valence-electron chi connectivity index (χ3n) is 4.62. The highest BCUT2D eigenvalue weighted by molar-refractivity contribution is 7.14. The van der Waals surface area contributed by atoms with E-state index < -0.39 is 0 Å². The average molecular weight is 292 g/mol. The van der Waals surface area contributed by atoms with Gasteiger partial charge in [-0.3, -0.25) is 4.79 Å². The molecule has 1 N–H and O–H groups in total. The van der Waals surface area contributed by atoms with Crippen molar-refractivity contribution in [2.24, 2.45) is 0 Å². The lowest BCUT2D eigenvalue weighted by atomic mass is 9.99. The molecular weight excluding hydrogens is 268 g/mol. The molecule has 3 nitrogen and oxygen atoms in total. The van der Waals surface area contributed by atoms with Crippen molar-refractivity contribution in [2.75, 3.05) is 20.1 Å². The van der Waals surface area contributed by atoms with E-state index in [1.165, 1.54) is 36.1 Å². The zero-order valence-electron chi connectivity index (χ0n) is 12.3. The molecule has 2 aliphatic rings. The van der Waals surface area contributed by atoms with Crippen LogP contribution < -0.4 is 5.32 Å². The van der Waals surface area contributed by atoms with E-state index in [2.05, 4.69) is 11.4 Å². The second kappa shape index (κ2) is 6.27. The minimum Gasteiger partial charge on any atom is -0.338 e. The Morgan fingerprint density at radius 3 is 2.95 bits per heavy atom. The Morgan fingerprint density at radius 2 is 2.10 bits per heavy atom. The fourth-order valence-corrected chi connectivity index (χ4v) is 4.56. The van der Waals surface area contributed by atoms with Crippen LogP contribution >= 0.6 is 11.3 Å². The van der Waals surface area contributed by atoms with Gasteiger partial charge in [-0.05, 0) is 69.7 Å². The first kappa shape index (κ1) is 14.1. The van der Waals surface area contributed by atoms with Gasteiger partial charge in [0.05, 0.1) is 4.88 Å². The fourth-order valence-electron chi connectivity index (χ4n) is 3.32. The number of amides is 1. The van der Waals surface area contributed by atoms with Crippen molar-refractivity contribution < 1.29 is 4.79 Å². The highest BCUT2D eigenvalue weighted by atomic mass is 32.1. The van der Waals surface area contributed by atoms with Gasteiger partial charge in [-0.25, -0.2) is 0 Å². The van der Waals surface area contributed by atoms with Crippen LogP contribution in [0.2, 0.25) is 0 Å². The SMILES string of the molecule is CN(C(=O)c1cc2c(s1)CCCC2)C1CCCNCC1. The summed E-state index contributed by atoms with van der Waals surface area (Å²) < 4.78 is 0. The second-order valence-corrected chi connectivity index (χ2v) is 7.15. The molecule has 0 radical (unpaired) electrons. The van der Waals surface area contributed by atoms with Crippen LogP contribution in [0.1, 0.15) is 52.2 Å². The zero-order chi connectivity index (χ0) is 13.9. The summed E-state index contributed by atoms with van der Waals surface area (Å²) >= 11 is 1.73. The number of nitrogens with zero attached hydrogens (tertiary/aromatic N) is 1. The molecule has 20 heavy (non-hydrogen) atoms. The van der Waals surface area contributed by atoms with Crippen LogP contribution in [-0.2, 0) is 12.8 Å². The van der Waals surface area contributed by atoms with Gasteiger partial charge in [-0.15, -0.1) is 11.3 Å². The highest BCUT2D eigenvalue weighted by Crippen LogP contribution is 2.30. The van der Waals surface area contributed by atoms with Gasteiger partial charge in [-0.2, -0.15) is 0 Å². The normalized spacial score (nSPS) is 22.9. The molecule has 1 fully saturated rings. The van der Waals surface area contributed by atoms with Crippen molar-refractivity contribution >= 4 is 17.2 Å². The molecular formula is C16H24N2OS. The number of carbonyl (C=O) groups excluding carboxylic acids is 1. The van der Waals surface area contributed by atoms with Crippen LogP contribution in [0.15, 0.2) is 6.07 Å². The van der Waals surface area contributed by atoms with Crippen LogP contribution in [0.25, 0.3) is 0 Å². The topological polar surface area (TPSA) is 32.3 Å². The molecule has 1 aromatic heterocycles. The van der Waals surface area contributed by atoms with Gasteiger partial charge in [0.15, 0.2) is 0 Å². The number of aryl methyl sites for hydroxylation is 2. The number of hydrogen-bond acceptors (Lipinski definition) is 3. The monoisotopic (exact) mass is 292 g/mol. The molecule has 0 spiro atoms. The number of thiophene rings is 1. The summed E-state index contributed by atoms with van der Waals surface area (Å²) in [6.45, 7) is 2.12. The van der Waals surface area contributed by atoms with Crippen molar-refractivity contribution in [3.63, 3.8) is 0 Å². The van der Waals surface area contributed by atoms with E-state index in [-0.39, 0.29) is 5.91 Å². The van der Waals surface area contributed by atoms with Gasteiger partial charge in [0.1, 0.15) is 0 Å². The minimum absolute atomic E-state index is 0.233. The number of fused-ring (bicyclic) bond motifs is 1. The van der Waals surface area contributed by atoms with E-state index in [1.54, 1.807) is 11.3 Å². The molecule has 3 rings (SSSR count). The maximum absolute atomic E-state index is 12.7. The molecule has 1 aromatic rings. The third kappa shape index (κ3) is 2.91. The maximum atomic E-state index is 12.7. The summed E-state index contributed by atoms with van der Waals surface area (Å²) in [4.78, 5) is 17.1. The molecule has 1 unspecified atom stereocenters. The first-order valence-electron chi connectivity index (χ1n) is 7.85. The standard InChI is InChI=1S/C16H24N2OS/c1-18(13-6-4-9-17-10-8-13)16(19)15-11-12-5-2-3-7-14(12)20-15/h11,13,17H,2-10H2,1H3. The van der Waals surface area contributed by atoms with Crippen LogP contribution in [0, 0.1) is 0 Å². The Hall–Kier alpha value is -0.870.